The maximum Gasteiger partial charge on any atom is 0.332 e. The molecule has 3 atom stereocenters. The van der Waals surface area contributed by atoms with Crippen molar-refractivity contribution in [1.82, 2.24) is 9.80 Å². The number of fused-ring (bicyclic) bond motifs is 7. The Morgan fingerprint density at radius 2 is 1.46 bits per heavy atom. The number of nitrogens with zero attached hydrogens (tertiary/aromatic N) is 3. The topological polar surface area (TPSA) is 73.0 Å². The Morgan fingerprint density at radius 3 is 2.26 bits per heavy atom. The van der Waals surface area contributed by atoms with Crippen molar-refractivity contribution in [2.45, 2.75) is 24.5 Å². The second kappa shape index (κ2) is 7.30. The number of hydrogen-bond donors (Lipinski definition) is 1. The third-order valence-corrected chi connectivity index (χ3v) is 7.56. The number of imide groups is 1. The SMILES string of the molecule is O=C1C2C3C[C@H](CN3C(=O)Nc3cccc4ccccc34)N2C(=O)N1c1cccc2ccccc12. The van der Waals surface area contributed by atoms with E-state index < -0.39 is 6.04 Å². The van der Waals surface area contributed by atoms with Crippen molar-refractivity contribution in [2.75, 3.05) is 16.8 Å². The van der Waals surface area contributed by atoms with E-state index in [0.29, 0.717) is 18.7 Å². The zero-order valence-electron chi connectivity index (χ0n) is 18.8. The fraction of sp³-hybridized carbons (Fsp3) is 0.179. The molecule has 0 aromatic heterocycles. The van der Waals surface area contributed by atoms with E-state index in [4.69, 9.17) is 0 Å². The number of piperazine rings is 1. The molecule has 35 heavy (non-hydrogen) atoms. The second-order valence-electron chi connectivity index (χ2n) is 9.37. The Bertz CT molecular complexity index is 1540. The predicted molar refractivity (Wildman–Crippen MR) is 134 cm³/mol. The molecule has 4 aromatic rings. The molecule has 0 spiro atoms. The van der Waals surface area contributed by atoms with Gasteiger partial charge in [0, 0.05) is 17.3 Å². The minimum Gasteiger partial charge on any atom is -0.317 e. The standard InChI is InChI=1S/C28H22N4O3/c33-26-25-24-15-19(16-30(24)27(34)29-22-13-5-9-17-7-1-3-11-20(17)22)31(25)28(35)32(26)23-14-6-10-18-8-2-4-12-21(18)23/h1-14,19,24-25H,15-16H2,(H,29,34)/t19-,24?,25?/m1/s1. The summed E-state index contributed by atoms with van der Waals surface area (Å²) in [5.41, 5.74) is 1.33. The average Bonchev–Trinajstić information content (AvgIpc) is 3.55. The van der Waals surface area contributed by atoms with Gasteiger partial charge in [0.05, 0.1) is 23.5 Å². The lowest BCUT2D eigenvalue weighted by molar-refractivity contribution is -0.120. The van der Waals surface area contributed by atoms with E-state index >= 15 is 0 Å². The lowest BCUT2D eigenvalue weighted by atomic mass is 10.1. The molecular weight excluding hydrogens is 440 g/mol. The van der Waals surface area contributed by atoms with Gasteiger partial charge in [-0.05, 0) is 29.3 Å². The van der Waals surface area contributed by atoms with Crippen LogP contribution in [0.1, 0.15) is 6.42 Å². The van der Waals surface area contributed by atoms with Crippen molar-refractivity contribution >= 4 is 50.9 Å². The molecule has 2 bridgehead atoms. The molecule has 3 aliphatic rings. The fourth-order valence-electron chi connectivity index (χ4n) is 6.04. The van der Waals surface area contributed by atoms with Crippen LogP contribution in [0, 0.1) is 0 Å². The highest BCUT2D eigenvalue weighted by Crippen LogP contribution is 2.43. The first kappa shape index (κ1) is 20.0. The van der Waals surface area contributed by atoms with E-state index in [0.717, 1.165) is 27.2 Å². The van der Waals surface area contributed by atoms with Crippen LogP contribution in [-0.4, -0.2) is 52.4 Å². The summed E-state index contributed by atoms with van der Waals surface area (Å²) in [7, 11) is 0. The number of anilines is 2. The molecule has 0 aliphatic carbocycles. The summed E-state index contributed by atoms with van der Waals surface area (Å²) < 4.78 is 0. The number of likely N-dealkylation sites (tertiary alicyclic amines) is 1. The number of amides is 5. The quantitative estimate of drug-likeness (QED) is 0.434. The molecule has 7 nitrogen and oxygen atoms in total. The molecule has 4 aromatic carbocycles. The van der Waals surface area contributed by atoms with E-state index in [2.05, 4.69) is 5.32 Å². The molecule has 2 unspecified atom stereocenters. The molecule has 3 fully saturated rings. The number of hydrogen-bond acceptors (Lipinski definition) is 3. The number of urea groups is 2. The van der Waals surface area contributed by atoms with Gasteiger partial charge in [0.15, 0.2) is 0 Å². The third kappa shape index (κ3) is 2.81. The minimum absolute atomic E-state index is 0.167. The second-order valence-corrected chi connectivity index (χ2v) is 9.37. The van der Waals surface area contributed by atoms with Gasteiger partial charge in [-0.2, -0.15) is 0 Å². The van der Waals surface area contributed by atoms with Crippen LogP contribution in [0.3, 0.4) is 0 Å². The van der Waals surface area contributed by atoms with E-state index in [1.54, 1.807) is 9.80 Å². The molecule has 1 N–H and O–H groups in total. The molecule has 3 aliphatic heterocycles. The van der Waals surface area contributed by atoms with E-state index in [9.17, 15) is 14.4 Å². The van der Waals surface area contributed by atoms with E-state index in [1.807, 2.05) is 84.9 Å². The van der Waals surface area contributed by atoms with Crippen LogP contribution in [-0.2, 0) is 4.79 Å². The van der Waals surface area contributed by atoms with Gasteiger partial charge in [-0.15, -0.1) is 0 Å². The zero-order chi connectivity index (χ0) is 23.7. The van der Waals surface area contributed by atoms with Gasteiger partial charge in [0.2, 0.25) is 0 Å². The number of carbonyl (C=O) groups excluding carboxylic acids is 3. The number of rotatable bonds is 2. The van der Waals surface area contributed by atoms with Gasteiger partial charge in [0.25, 0.3) is 5.91 Å². The summed E-state index contributed by atoms with van der Waals surface area (Å²) >= 11 is 0. The Balaban J connectivity index is 1.19. The maximum absolute atomic E-state index is 13.6. The van der Waals surface area contributed by atoms with Crippen LogP contribution < -0.4 is 10.2 Å². The maximum atomic E-state index is 13.6. The average molecular weight is 463 g/mol. The number of carbonyl (C=O) groups is 3. The highest BCUT2D eigenvalue weighted by molar-refractivity contribution is 6.25. The van der Waals surface area contributed by atoms with Crippen molar-refractivity contribution in [3.63, 3.8) is 0 Å². The first-order valence-corrected chi connectivity index (χ1v) is 11.8. The largest absolute Gasteiger partial charge is 0.332 e. The number of benzene rings is 4. The smallest absolute Gasteiger partial charge is 0.317 e. The van der Waals surface area contributed by atoms with Crippen molar-refractivity contribution in [3.05, 3.63) is 84.9 Å². The van der Waals surface area contributed by atoms with Gasteiger partial charge in [-0.3, -0.25) is 4.79 Å². The molecular formula is C28H22N4O3. The monoisotopic (exact) mass is 462 g/mol. The van der Waals surface area contributed by atoms with E-state index in [-0.39, 0.29) is 30.1 Å². The van der Waals surface area contributed by atoms with Crippen LogP contribution in [0.2, 0.25) is 0 Å². The van der Waals surface area contributed by atoms with Crippen molar-refractivity contribution in [1.29, 1.82) is 0 Å². The van der Waals surface area contributed by atoms with Gasteiger partial charge in [-0.25, -0.2) is 14.5 Å². The summed E-state index contributed by atoms with van der Waals surface area (Å²) in [5.74, 6) is -0.262. The predicted octanol–water partition coefficient (Wildman–Crippen LogP) is 4.82. The van der Waals surface area contributed by atoms with Crippen LogP contribution in [0.4, 0.5) is 21.0 Å². The first-order valence-electron chi connectivity index (χ1n) is 11.8. The van der Waals surface area contributed by atoms with Gasteiger partial charge >= 0.3 is 12.1 Å². The van der Waals surface area contributed by atoms with Gasteiger partial charge < -0.3 is 15.1 Å². The highest BCUT2D eigenvalue weighted by Gasteiger charge is 2.63. The van der Waals surface area contributed by atoms with Crippen LogP contribution in [0.15, 0.2) is 84.9 Å². The Kier molecular flexibility index (Phi) is 4.18. The first-order chi connectivity index (χ1) is 17.1. The molecule has 0 saturated carbocycles. The summed E-state index contributed by atoms with van der Waals surface area (Å²) in [4.78, 5) is 45.2. The zero-order valence-corrected chi connectivity index (χ0v) is 18.8. The Labute approximate surface area is 201 Å². The molecule has 7 heteroatoms. The summed E-state index contributed by atoms with van der Waals surface area (Å²) in [6, 6.07) is 25.4. The van der Waals surface area contributed by atoms with Crippen LogP contribution in [0.5, 0.6) is 0 Å². The molecule has 0 radical (unpaired) electrons. The number of nitrogens with one attached hydrogen (secondary N) is 1. The summed E-state index contributed by atoms with van der Waals surface area (Å²) in [5, 5.41) is 6.87. The third-order valence-electron chi connectivity index (χ3n) is 7.56. The molecule has 172 valence electrons. The van der Waals surface area contributed by atoms with Crippen molar-refractivity contribution in [3.8, 4) is 0 Å². The molecule has 3 saturated heterocycles. The van der Waals surface area contributed by atoms with E-state index in [1.165, 1.54) is 4.90 Å². The van der Waals surface area contributed by atoms with Crippen molar-refractivity contribution in [2.24, 2.45) is 0 Å². The fourth-order valence-corrected chi connectivity index (χ4v) is 6.04. The van der Waals surface area contributed by atoms with Crippen molar-refractivity contribution < 1.29 is 14.4 Å². The molecule has 7 rings (SSSR count). The lowest BCUT2D eigenvalue weighted by Gasteiger charge is -2.34. The van der Waals surface area contributed by atoms with Crippen LogP contribution >= 0.6 is 0 Å². The minimum atomic E-state index is -0.654. The highest BCUT2D eigenvalue weighted by atomic mass is 16.2. The van der Waals surface area contributed by atoms with Gasteiger partial charge in [0.1, 0.15) is 6.04 Å². The summed E-state index contributed by atoms with van der Waals surface area (Å²) in [6.07, 6.45) is 0.620. The lowest BCUT2D eigenvalue weighted by Crippen LogP contribution is -2.55. The Hall–Kier alpha value is -4.39. The molecule has 5 amide bonds. The Morgan fingerprint density at radius 1 is 0.800 bits per heavy atom. The van der Waals surface area contributed by atoms with Gasteiger partial charge in [-0.1, -0.05) is 72.8 Å². The normalized spacial score (nSPS) is 23.0. The van der Waals surface area contributed by atoms with Crippen LogP contribution in [0.25, 0.3) is 21.5 Å². The summed E-state index contributed by atoms with van der Waals surface area (Å²) in [6.45, 7) is 0.417. The molecule has 3 heterocycles.